The van der Waals surface area contributed by atoms with Crippen LogP contribution in [0.3, 0.4) is 0 Å². The van der Waals surface area contributed by atoms with E-state index in [4.69, 9.17) is 4.74 Å². The molecule has 0 aliphatic carbocycles. The lowest BCUT2D eigenvalue weighted by Crippen LogP contribution is -2.33. The molecular formula is C13H20N2O3S. The number of para-hydroxylation sites is 1. The van der Waals surface area contributed by atoms with Crippen molar-refractivity contribution in [1.82, 2.24) is 10.0 Å². The molecule has 1 aliphatic heterocycles. The van der Waals surface area contributed by atoms with Gasteiger partial charge in [0.2, 0.25) is 10.0 Å². The first-order chi connectivity index (χ1) is 9.06. The number of nitrogens with one attached hydrogen (secondary N) is 2. The van der Waals surface area contributed by atoms with E-state index in [1.165, 1.54) is 11.8 Å². The largest absolute Gasteiger partial charge is 0.493 e. The summed E-state index contributed by atoms with van der Waals surface area (Å²) in [5.74, 6) is 1.40. The molecule has 0 amide bonds. The van der Waals surface area contributed by atoms with Crippen molar-refractivity contribution in [3.8, 4) is 5.75 Å². The van der Waals surface area contributed by atoms with E-state index >= 15 is 0 Å². The highest BCUT2D eigenvalue weighted by molar-refractivity contribution is 7.88. The van der Waals surface area contributed by atoms with Crippen LogP contribution in [-0.4, -0.2) is 40.9 Å². The van der Waals surface area contributed by atoms with Gasteiger partial charge in [0.1, 0.15) is 5.75 Å². The third-order valence-corrected chi connectivity index (χ3v) is 3.87. The number of fused-ring (bicyclic) bond motifs is 1. The number of hydrogen-bond acceptors (Lipinski definition) is 4. The van der Waals surface area contributed by atoms with Crippen molar-refractivity contribution in [1.29, 1.82) is 0 Å². The Hall–Kier alpha value is -1.11. The fourth-order valence-electron chi connectivity index (χ4n) is 2.23. The van der Waals surface area contributed by atoms with Gasteiger partial charge in [0.05, 0.1) is 12.9 Å². The molecule has 1 aromatic rings. The second-order valence-electron chi connectivity index (χ2n) is 4.74. The highest BCUT2D eigenvalue weighted by Crippen LogP contribution is 2.32. The van der Waals surface area contributed by atoms with Crippen molar-refractivity contribution in [2.45, 2.75) is 12.3 Å². The first-order valence-electron chi connectivity index (χ1n) is 6.43. The van der Waals surface area contributed by atoms with Gasteiger partial charge in [-0.2, -0.15) is 0 Å². The molecule has 0 spiro atoms. The number of hydrogen-bond donors (Lipinski definition) is 2. The monoisotopic (exact) mass is 284 g/mol. The zero-order chi connectivity index (χ0) is 13.7. The number of sulfonamides is 1. The van der Waals surface area contributed by atoms with Crippen LogP contribution in [0.1, 0.15) is 17.9 Å². The Balaban J connectivity index is 1.78. The average molecular weight is 284 g/mol. The lowest BCUT2D eigenvalue weighted by molar-refractivity contribution is 0.265. The number of rotatable bonds is 6. The molecule has 0 fully saturated rings. The van der Waals surface area contributed by atoms with E-state index in [0.717, 1.165) is 25.3 Å². The predicted molar refractivity (Wildman–Crippen MR) is 75.0 cm³/mol. The van der Waals surface area contributed by atoms with Crippen molar-refractivity contribution in [2.24, 2.45) is 0 Å². The minimum Gasteiger partial charge on any atom is -0.493 e. The van der Waals surface area contributed by atoms with Gasteiger partial charge in [0, 0.05) is 25.6 Å². The number of benzene rings is 1. The maximum atomic E-state index is 10.9. The fourth-order valence-corrected chi connectivity index (χ4v) is 2.70. The van der Waals surface area contributed by atoms with E-state index in [-0.39, 0.29) is 0 Å². The molecule has 1 aliphatic rings. The molecule has 1 heterocycles. The van der Waals surface area contributed by atoms with E-state index in [1.807, 2.05) is 18.2 Å². The zero-order valence-corrected chi connectivity index (χ0v) is 11.9. The lowest BCUT2D eigenvalue weighted by Gasteiger charge is -2.26. The summed E-state index contributed by atoms with van der Waals surface area (Å²) >= 11 is 0. The molecular weight excluding hydrogens is 264 g/mol. The van der Waals surface area contributed by atoms with E-state index in [9.17, 15) is 8.42 Å². The molecule has 19 heavy (non-hydrogen) atoms. The van der Waals surface area contributed by atoms with Crippen LogP contribution in [0.4, 0.5) is 0 Å². The summed E-state index contributed by atoms with van der Waals surface area (Å²) in [6, 6.07) is 8.08. The Morgan fingerprint density at radius 1 is 1.32 bits per heavy atom. The van der Waals surface area contributed by atoms with Gasteiger partial charge in [-0.25, -0.2) is 13.1 Å². The third-order valence-electron chi connectivity index (χ3n) is 3.14. The Morgan fingerprint density at radius 2 is 2.11 bits per heavy atom. The van der Waals surface area contributed by atoms with Crippen molar-refractivity contribution >= 4 is 10.0 Å². The van der Waals surface area contributed by atoms with Gasteiger partial charge in [0.25, 0.3) is 0 Å². The zero-order valence-electron chi connectivity index (χ0n) is 11.1. The molecule has 2 N–H and O–H groups in total. The quantitative estimate of drug-likeness (QED) is 0.754. The van der Waals surface area contributed by atoms with E-state index in [0.29, 0.717) is 19.0 Å². The molecule has 0 saturated carbocycles. The van der Waals surface area contributed by atoms with Crippen LogP contribution in [0.15, 0.2) is 24.3 Å². The first-order valence-corrected chi connectivity index (χ1v) is 8.32. The van der Waals surface area contributed by atoms with E-state index in [2.05, 4.69) is 16.1 Å². The van der Waals surface area contributed by atoms with Crippen molar-refractivity contribution in [2.75, 3.05) is 32.5 Å². The molecule has 0 bridgehead atoms. The smallest absolute Gasteiger partial charge is 0.208 e. The Labute approximate surface area is 114 Å². The van der Waals surface area contributed by atoms with E-state index < -0.39 is 10.0 Å². The maximum absolute atomic E-state index is 10.9. The average Bonchev–Trinajstić information content (AvgIpc) is 2.37. The summed E-state index contributed by atoms with van der Waals surface area (Å²) in [5, 5.41) is 3.29. The number of ether oxygens (including phenoxy) is 1. The molecule has 6 heteroatoms. The normalized spacial score (nSPS) is 18.7. The third kappa shape index (κ3) is 4.49. The molecule has 5 nitrogen and oxygen atoms in total. The van der Waals surface area contributed by atoms with Gasteiger partial charge < -0.3 is 10.1 Å². The van der Waals surface area contributed by atoms with Crippen molar-refractivity contribution in [3.63, 3.8) is 0 Å². The topological polar surface area (TPSA) is 67.4 Å². The summed E-state index contributed by atoms with van der Waals surface area (Å²) in [4.78, 5) is 0. The molecule has 1 unspecified atom stereocenters. The van der Waals surface area contributed by atoms with Gasteiger partial charge in [-0.05, 0) is 18.1 Å². The minimum atomic E-state index is -3.09. The Bertz CT molecular complexity index is 516. The lowest BCUT2D eigenvalue weighted by atomic mass is 9.93. The predicted octanol–water partition coefficient (Wildman–Crippen LogP) is 0.692. The molecule has 0 radical (unpaired) electrons. The van der Waals surface area contributed by atoms with Crippen molar-refractivity contribution < 1.29 is 13.2 Å². The fraction of sp³-hybridized carbons (Fsp3) is 0.538. The highest BCUT2D eigenvalue weighted by atomic mass is 32.2. The Kier molecular flexibility index (Phi) is 4.79. The van der Waals surface area contributed by atoms with Crippen LogP contribution in [0.25, 0.3) is 0 Å². The Morgan fingerprint density at radius 3 is 2.89 bits per heavy atom. The van der Waals surface area contributed by atoms with Gasteiger partial charge >= 0.3 is 0 Å². The summed E-state index contributed by atoms with van der Waals surface area (Å²) in [6.45, 7) is 2.63. The molecule has 1 aromatic carbocycles. The molecule has 0 aromatic heterocycles. The van der Waals surface area contributed by atoms with Crippen LogP contribution >= 0.6 is 0 Å². The maximum Gasteiger partial charge on any atom is 0.208 e. The second kappa shape index (κ2) is 6.36. The van der Waals surface area contributed by atoms with Gasteiger partial charge in [0.15, 0.2) is 0 Å². The summed E-state index contributed by atoms with van der Waals surface area (Å²) < 4.78 is 29.9. The van der Waals surface area contributed by atoms with Crippen LogP contribution < -0.4 is 14.8 Å². The summed E-state index contributed by atoms with van der Waals surface area (Å²) in [5.41, 5.74) is 1.23. The molecule has 2 rings (SSSR count). The van der Waals surface area contributed by atoms with Gasteiger partial charge in [-0.15, -0.1) is 0 Å². The molecule has 1 atom stereocenters. The standard InChI is InChI=1S/C13H20N2O3S/c1-19(16,17)15-8-7-14-10-11-6-9-18-13-5-3-2-4-12(11)13/h2-5,11,14-15H,6-10H2,1H3. The minimum absolute atomic E-state index is 0.420. The SMILES string of the molecule is CS(=O)(=O)NCCNCC1CCOc2ccccc21. The van der Waals surface area contributed by atoms with Crippen LogP contribution in [0.5, 0.6) is 5.75 Å². The molecule has 0 saturated heterocycles. The summed E-state index contributed by atoms with van der Waals surface area (Å²) in [6.07, 6.45) is 2.16. The van der Waals surface area contributed by atoms with Gasteiger partial charge in [-0.3, -0.25) is 0 Å². The highest BCUT2D eigenvalue weighted by Gasteiger charge is 2.20. The second-order valence-corrected chi connectivity index (χ2v) is 6.58. The molecule has 106 valence electrons. The van der Waals surface area contributed by atoms with Crippen LogP contribution in [0.2, 0.25) is 0 Å². The van der Waals surface area contributed by atoms with Crippen LogP contribution in [0, 0.1) is 0 Å². The van der Waals surface area contributed by atoms with Crippen molar-refractivity contribution in [3.05, 3.63) is 29.8 Å². The van der Waals surface area contributed by atoms with E-state index in [1.54, 1.807) is 0 Å². The van der Waals surface area contributed by atoms with Crippen LogP contribution in [-0.2, 0) is 10.0 Å². The summed E-state index contributed by atoms with van der Waals surface area (Å²) in [7, 11) is -3.09. The first kappa shape index (κ1) is 14.3. The van der Waals surface area contributed by atoms with Gasteiger partial charge in [-0.1, -0.05) is 18.2 Å².